The molecular formula is C14H19N3O2S. The lowest BCUT2D eigenvalue weighted by Crippen LogP contribution is -2.07. The van der Waals surface area contributed by atoms with Crippen molar-refractivity contribution in [3.8, 4) is 0 Å². The molecule has 0 bridgehead atoms. The smallest absolute Gasteiger partial charge is 0.378 e. The Morgan fingerprint density at radius 1 is 1.35 bits per heavy atom. The van der Waals surface area contributed by atoms with Crippen LogP contribution < -0.4 is 0 Å². The van der Waals surface area contributed by atoms with Crippen molar-refractivity contribution in [3.63, 3.8) is 0 Å². The van der Waals surface area contributed by atoms with Gasteiger partial charge in [0, 0.05) is 5.92 Å². The van der Waals surface area contributed by atoms with Crippen LogP contribution in [0.1, 0.15) is 41.8 Å². The monoisotopic (exact) mass is 293 g/mol. The zero-order chi connectivity index (χ0) is 13.7. The number of hydrogen-bond acceptors (Lipinski definition) is 4. The average molecular weight is 293 g/mol. The predicted molar refractivity (Wildman–Crippen MR) is 81.3 cm³/mol. The number of nitrogens with one attached hydrogen (secondary N) is 1. The number of carbonyl (C=O) groups excluding carboxylic acids is 1. The Hall–Kier alpha value is -1.82. The topological polar surface area (TPSA) is 67.9 Å². The second-order valence-corrected chi connectivity index (χ2v) is 4.36. The Kier molecular flexibility index (Phi) is 6.24. The van der Waals surface area contributed by atoms with E-state index in [9.17, 15) is 4.79 Å². The summed E-state index contributed by atoms with van der Waals surface area (Å²) in [6.07, 6.45) is 0.846. The van der Waals surface area contributed by atoms with Crippen LogP contribution in [-0.2, 0) is 11.2 Å². The van der Waals surface area contributed by atoms with E-state index in [-0.39, 0.29) is 25.2 Å². The van der Waals surface area contributed by atoms with Gasteiger partial charge in [-0.05, 0) is 18.9 Å². The van der Waals surface area contributed by atoms with Gasteiger partial charge < -0.3 is 4.74 Å². The van der Waals surface area contributed by atoms with Gasteiger partial charge in [-0.25, -0.2) is 9.78 Å². The second-order valence-electron chi connectivity index (χ2n) is 4.36. The van der Waals surface area contributed by atoms with Crippen molar-refractivity contribution in [2.45, 2.75) is 26.2 Å². The van der Waals surface area contributed by atoms with E-state index in [0.717, 1.165) is 6.42 Å². The van der Waals surface area contributed by atoms with Crippen LogP contribution in [0.4, 0.5) is 0 Å². The minimum Gasteiger partial charge on any atom is -0.460 e. The van der Waals surface area contributed by atoms with Gasteiger partial charge in [0.05, 0.1) is 6.61 Å². The number of nitrogens with zero attached hydrogens (tertiary/aromatic N) is 2. The number of benzene rings is 1. The van der Waals surface area contributed by atoms with Crippen LogP contribution in [0, 0.1) is 0 Å². The lowest BCUT2D eigenvalue weighted by atomic mass is 10.0. The third-order valence-corrected chi connectivity index (χ3v) is 2.81. The molecule has 1 aromatic carbocycles. The van der Waals surface area contributed by atoms with Crippen LogP contribution >= 0.6 is 13.5 Å². The normalized spacial score (nSPS) is 11.5. The van der Waals surface area contributed by atoms with E-state index < -0.39 is 5.97 Å². The molecule has 0 saturated heterocycles. The van der Waals surface area contributed by atoms with Crippen molar-refractivity contribution < 1.29 is 9.53 Å². The molecule has 1 N–H and O–H groups in total. The van der Waals surface area contributed by atoms with E-state index in [1.54, 1.807) is 6.92 Å². The first kappa shape index (κ1) is 16.2. The van der Waals surface area contributed by atoms with Crippen LogP contribution in [0.2, 0.25) is 0 Å². The maximum Gasteiger partial charge on any atom is 0.378 e. The minimum absolute atomic E-state index is 0. The van der Waals surface area contributed by atoms with E-state index in [1.807, 2.05) is 25.1 Å². The molecule has 1 heterocycles. The molecule has 0 spiro atoms. The summed E-state index contributed by atoms with van der Waals surface area (Å²) in [4.78, 5) is 15.7. The Bertz CT molecular complexity index is 542. The third kappa shape index (κ3) is 4.09. The van der Waals surface area contributed by atoms with Gasteiger partial charge in [0.25, 0.3) is 5.82 Å². The molecule has 0 aliphatic rings. The summed E-state index contributed by atoms with van der Waals surface area (Å²) in [7, 11) is 0. The summed E-state index contributed by atoms with van der Waals surface area (Å²) in [5, 5.41) is 6.69. The molecule has 5 nitrogen and oxygen atoms in total. The van der Waals surface area contributed by atoms with Crippen LogP contribution in [-0.4, -0.2) is 27.8 Å². The number of carbonyl (C=O) groups is 1. The average Bonchev–Trinajstić information content (AvgIpc) is 2.90. The molecule has 0 amide bonds. The fourth-order valence-corrected chi connectivity index (χ4v) is 1.85. The van der Waals surface area contributed by atoms with Gasteiger partial charge in [0.2, 0.25) is 0 Å². The number of H-pyrrole nitrogens is 1. The zero-order valence-corrected chi connectivity index (χ0v) is 12.6. The van der Waals surface area contributed by atoms with Crippen LogP contribution in [0.3, 0.4) is 0 Å². The first-order valence-electron chi connectivity index (χ1n) is 6.34. The Morgan fingerprint density at radius 2 is 2.05 bits per heavy atom. The molecule has 0 aliphatic carbocycles. The molecule has 2 aromatic rings. The number of esters is 1. The molecule has 0 saturated carbocycles. The molecule has 1 aromatic heterocycles. The minimum atomic E-state index is -0.489. The van der Waals surface area contributed by atoms with Gasteiger partial charge in [0.1, 0.15) is 5.82 Å². The molecule has 6 heteroatoms. The standard InChI is InChI=1S/C14H17N3O2.H2S/c1-3-19-14(18)13-15-12(16-17-13)10(2)9-11-7-5-4-6-8-11;/h4-8,10H,3,9H2,1-2H3,(H,15,16,17);1H2/t10-;/m0./s1. The number of aromatic amines is 1. The maximum absolute atomic E-state index is 11.5. The van der Waals surface area contributed by atoms with Gasteiger partial charge in [-0.3, -0.25) is 5.10 Å². The van der Waals surface area contributed by atoms with Crippen molar-refractivity contribution in [2.75, 3.05) is 6.61 Å². The number of rotatable bonds is 5. The molecule has 1 atom stereocenters. The SMILES string of the molecule is CCOC(=O)c1n[nH]c([C@@H](C)Cc2ccccc2)n1.S. The Morgan fingerprint density at radius 3 is 2.70 bits per heavy atom. The summed E-state index contributed by atoms with van der Waals surface area (Å²) >= 11 is 0. The summed E-state index contributed by atoms with van der Waals surface area (Å²) in [6, 6.07) is 10.1. The zero-order valence-electron chi connectivity index (χ0n) is 11.6. The molecule has 108 valence electrons. The van der Waals surface area contributed by atoms with Crippen molar-refractivity contribution >= 4 is 19.5 Å². The summed E-state index contributed by atoms with van der Waals surface area (Å²) in [6.45, 7) is 4.12. The first-order chi connectivity index (χ1) is 9.20. The van der Waals surface area contributed by atoms with E-state index >= 15 is 0 Å². The highest BCUT2D eigenvalue weighted by Crippen LogP contribution is 2.16. The lowest BCUT2D eigenvalue weighted by molar-refractivity contribution is 0.0512. The third-order valence-electron chi connectivity index (χ3n) is 2.81. The van der Waals surface area contributed by atoms with E-state index in [0.29, 0.717) is 12.4 Å². The molecule has 20 heavy (non-hydrogen) atoms. The van der Waals surface area contributed by atoms with Crippen LogP contribution in [0.5, 0.6) is 0 Å². The largest absolute Gasteiger partial charge is 0.460 e. The first-order valence-corrected chi connectivity index (χ1v) is 6.34. The summed E-state index contributed by atoms with van der Waals surface area (Å²) in [5.41, 5.74) is 1.23. The van der Waals surface area contributed by atoms with Gasteiger partial charge in [-0.2, -0.15) is 13.5 Å². The summed E-state index contributed by atoms with van der Waals surface area (Å²) < 4.78 is 4.86. The van der Waals surface area contributed by atoms with Gasteiger partial charge in [-0.15, -0.1) is 5.10 Å². The molecule has 0 unspecified atom stereocenters. The van der Waals surface area contributed by atoms with Crippen LogP contribution in [0.25, 0.3) is 0 Å². The van der Waals surface area contributed by atoms with Crippen LogP contribution in [0.15, 0.2) is 30.3 Å². The highest BCUT2D eigenvalue weighted by molar-refractivity contribution is 7.59. The fourth-order valence-electron chi connectivity index (χ4n) is 1.85. The van der Waals surface area contributed by atoms with Gasteiger partial charge in [-0.1, -0.05) is 37.3 Å². The lowest BCUT2D eigenvalue weighted by Gasteiger charge is -2.07. The quantitative estimate of drug-likeness (QED) is 0.860. The van der Waals surface area contributed by atoms with E-state index in [2.05, 4.69) is 27.3 Å². The van der Waals surface area contributed by atoms with Crippen molar-refractivity contribution in [1.82, 2.24) is 15.2 Å². The predicted octanol–water partition coefficient (Wildman–Crippen LogP) is 2.44. The second kappa shape index (κ2) is 7.69. The number of hydrogen-bond donors (Lipinski definition) is 1. The maximum atomic E-state index is 11.5. The highest BCUT2D eigenvalue weighted by atomic mass is 32.1. The number of ether oxygens (including phenoxy) is 1. The Labute approximate surface area is 125 Å². The van der Waals surface area contributed by atoms with Crippen molar-refractivity contribution in [3.05, 3.63) is 47.5 Å². The van der Waals surface area contributed by atoms with Crippen molar-refractivity contribution in [1.29, 1.82) is 0 Å². The van der Waals surface area contributed by atoms with Gasteiger partial charge >= 0.3 is 5.97 Å². The Balaban J connectivity index is 0.00000200. The number of aromatic nitrogens is 3. The fraction of sp³-hybridized carbons (Fsp3) is 0.357. The molecule has 2 rings (SSSR count). The van der Waals surface area contributed by atoms with E-state index in [4.69, 9.17) is 4.74 Å². The summed E-state index contributed by atoms with van der Waals surface area (Å²) in [5.74, 6) is 0.471. The molecule has 0 fully saturated rings. The molecule has 0 radical (unpaired) electrons. The van der Waals surface area contributed by atoms with E-state index in [1.165, 1.54) is 5.56 Å². The van der Waals surface area contributed by atoms with Gasteiger partial charge in [0.15, 0.2) is 0 Å². The molecular weight excluding hydrogens is 274 g/mol. The van der Waals surface area contributed by atoms with Crippen molar-refractivity contribution in [2.24, 2.45) is 0 Å². The highest BCUT2D eigenvalue weighted by Gasteiger charge is 2.17. The molecule has 0 aliphatic heterocycles.